The Bertz CT molecular complexity index is 1170. The van der Waals surface area contributed by atoms with Gasteiger partial charge in [0.15, 0.2) is 17.3 Å². The van der Waals surface area contributed by atoms with Crippen molar-refractivity contribution in [3.63, 3.8) is 0 Å². The number of aryl methyl sites for hydroxylation is 2. The van der Waals surface area contributed by atoms with Gasteiger partial charge in [0.2, 0.25) is 0 Å². The average Bonchev–Trinajstić information content (AvgIpc) is 3.00. The van der Waals surface area contributed by atoms with Gasteiger partial charge in [-0.15, -0.1) is 11.3 Å². The number of allylic oxidation sites excluding steroid dienone is 1. The number of thiophene rings is 1. The first kappa shape index (κ1) is 20.6. The van der Waals surface area contributed by atoms with Gasteiger partial charge in [-0.2, -0.15) is 5.26 Å². The molecule has 7 heteroatoms. The van der Waals surface area contributed by atoms with Gasteiger partial charge in [-0.05, 0) is 49.6 Å². The number of aromatic amines is 1. The molecule has 0 aliphatic heterocycles. The largest absolute Gasteiger partial charge is 0.493 e. The van der Waals surface area contributed by atoms with E-state index in [9.17, 15) is 10.1 Å². The molecular weight excluding hydrogens is 386 g/mol. The van der Waals surface area contributed by atoms with E-state index in [0.717, 1.165) is 28.8 Å². The maximum Gasteiger partial charge on any atom is 0.260 e. The monoisotopic (exact) mass is 409 g/mol. The van der Waals surface area contributed by atoms with Crippen molar-refractivity contribution in [2.45, 2.75) is 33.6 Å². The van der Waals surface area contributed by atoms with Crippen LogP contribution >= 0.6 is 11.3 Å². The topological polar surface area (TPSA) is 88.0 Å². The third-order valence-corrected chi connectivity index (χ3v) is 5.77. The molecule has 0 spiro atoms. The molecule has 2 heterocycles. The van der Waals surface area contributed by atoms with Crippen molar-refractivity contribution >= 4 is 33.2 Å². The van der Waals surface area contributed by atoms with Crippen LogP contribution < -0.4 is 15.0 Å². The minimum atomic E-state index is -0.230. The predicted octanol–water partition coefficient (Wildman–Crippen LogP) is 4.85. The highest BCUT2D eigenvalue weighted by molar-refractivity contribution is 7.18. The lowest BCUT2D eigenvalue weighted by Crippen LogP contribution is -2.10. The number of ether oxygens (including phenoxy) is 2. The van der Waals surface area contributed by atoms with Crippen molar-refractivity contribution in [2.24, 2.45) is 0 Å². The third kappa shape index (κ3) is 4.33. The molecule has 0 amide bonds. The van der Waals surface area contributed by atoms with E-state index in [2.05, 4.69) is 23.0 Å². The van der Waals surface area contributed by atoms with Crippen LogP contribution in [0.4, 0.5) is 0 Å². The molecule has 0 aliphatic rings. The number of hydrogen-bond donors (Lipinski definition) is 1. The Balaban J connectivity index is 2.02. The summed E-state index contributed by atoms with van der Waals surface area (Å²) < 4.78 is 11.2. The molecule has 0 saturated carbocycles. The number of aromatic nitrogens is 2. The van der Waals surface area contributed by atoms with E-state index in [4.69, 9.17) is 9.47 Å². The Morgan fingerprint density at radius 2 is 2.14 bits per heavy atom. The smallest absolute Gasteiger partial charge is 0.260 e. The average molecular weight is 410 g/mol. The molecule has 0 saturated heterocycles. The lowest BCUT2D eigenvalue weighted by molar-refractivity contribution is 0.288. The van der Waals surface area contributed by atoms with Gasteiger partial charge in [-0.3, -0.25) is 4.79 Å². The van der Waals surface area contributed by atoms with E-state index in [-0.39, 0.29) is 17.0 Å². The molecule has 6 nitrogen and oxygen atoms in total. The molecule has 3 rings (SSSR count). The summed E-state index contributed by atoms with van der Waals surface area (Å²) in [5, 5.41) is 10.3. The molecule has 2 aromatic heterocycles. The zero-order valence-corrected chi connectivity index (χ0v) is 17.8. The third-order valence-electron chi connectivity index (χ3n) is 4.67. The van der Waals surface area contributed by atoms with E-state index < -0.39 is 0 Å². The molecular formula is C22H23N3O3S. The normalized spacial score (nSPS) is 11.5. The summed E-state index contributed by atoms with van der Waals surface area (Å²) in [6.45, 7) is 6.55. The van der Waals surface area contributed by atoms with Crippen LogP contribution in [0.5, 0.6) is 11.5 Å². The van der Waals surface area contributed by atoms with E-state index in [1.165, 1.54) is 11.3 Å². The van der Waals surface area contributed by atoms with Gasteiger partial charge in [-0.25, -0.2) is 4.98 Å². The Kier molecular flexibility index (Phi) is 6.35. The quantitative estimate of drug-likeness (QED) is 0.445. The van der Waals surface area contributed by atoms with Crippen LogP contribution in [0, 0.1) is 25.2 Å². The lowest BCUT2D eigenvalue weighted by Gasteiger charge is -2.11. The van der Waals surface area contributed by atoms with Gasteiger partial charge in [-0.1, -0.05) is 19.4 Å². The number of H-pyrrole nitrogens is 1. The van der Waals surface area contributed by atoms with Crippen molar-refractivity contribution in [2.75, 3.05) is 13.7 Å². The maximum atomic E-state index is 12.5. The van der Waals surface area contributed by atoms with Gasteiger partial charge < -0.3 is 14.5 Å². The minimum Gasteiger partial charge on any atom is -0.493 e. The standard InChI is InChI=1S/C22H23N3O3S/c1-5-6-9-28-18-11-15(7-8-17(18)27-4)10-16(12-23)20-24-21(26)19-13(2)14(3)29-22(19)25-20/h7-8,10-11H,5-6,9H2,1-4H3,(H,24,25,26)/b16-10+. The van der Waals surface area contributed by atoms with Crippen LogP contribution in [0.25, 0.3) is 21.9 Å². The number of nitrogens with zero attached hydrogens (tertiary/aromatic N) is 2. The van der Waals surface area contributed by atoms with Gasteiger partial charge in [0, 0.05) is 4.88 Å². The summed E-state index contributed by atoms with van der Waals surface area (Å²) in [7, 11) is 1.59. The number of hydrogen-bond acceptors (Lipinski definition) is 6. The first-order valence-corrected chi connectivity index (χ1v) is 10.2. The molecule has 0 fully saturated rings. The zero-order chi connectivity index (χ0) is 21.0. The summed E-state index contributed by atoms with van der Waals surface area (Å²) in [5.41, 5.74) is 1.73. The fourth-order valence-corrected chi connectivity index (χ4v) is 3.95. The summed E-state index contributed by atoms with van der Waals surface area (Å²) in [5.74, 6) is 1.51. The van der Waals surface area contributed by atoms with Crippen LogP contribution in [-0.4, -0.2) is 23.7 Å². The molecule has 0 bridgehead atoms. The second-order valence-corrected chi connectivity index (χ2v) is 7.86. The minimum absolute atomic E-state index is 0.230. The first-order chi connectivity index (χ1) is 14.0. The number of nitriles is 1. The summed E-state index contributed by atoms with van der Waals surface area (Å²) in [4.78, 5) is 21.5. The molecule has 150 valence electrons. The molecule has 0 radical (unpaired) electrons. The molecule has 1 aromatic carbocycles. The van der Waals surface area contributed by atoms with E-state index in [0.29, 0.717) is 28.3 Å². The predicted molar refractivity (Wildman–Crippen MR) is 117 cm³/mol. The fraction of sp³-hybridized carbons (Fsp3) is 0.318. The Morgan fingerprint density at radius 1 is 1.34 bits per heavy atom. The van der Waals surface area contributed by atoms with Gasteiger partial charge >= 0.3 is 0 Å². The Labute approximate surface area is 173 Å². The number of methoxy groups -OCH3 is 1. The molecule has 0 unspecified atom stereocenters. The van der Waals surface area contributed by atoms with Gasteiger partial charge in [0.05, 0.1) is 24.7 Å². The molecule has 1 N–H and O–H groups in total. The van der Waals surface area contributed by atoms with Crippen molar-refractivity contribution < 1.29 is 9.47 Å². The highest BCUT2D eigenvalue weighted by Crippen LogP contribution is 2.30. The highest BCUT2D eigenvalue weighted by Gasteiger charge is 2.14. The van der Waals surface area contributed by atoms with E-state index in [1.54, 1.807) is 19.3 Å². The number of unbranched alkanes of at least 4 members (excludes halogenated alkanes) is 1. The summed E-state index contributed by atoms with van der Waals surface area (Å²) >= 11 is 1.46. The zero-order valence-electron chi connectivity index (χ0n) is 17.0. The van der Waals surface area contributed by atoms with Crippen LogP contribution in [0.1, 0.15) is 41.6 Å². The van der Waals surface area contributed by atoms with Gasteiger partial charge in [0.1, 0.15) is 10.9 Å². The molecule has 3 aromatic rings. The number of benzene rings is 1. The summed E-state index contributed by atoms with van der Waals surface area (Å²) in [6, 6.07) is 7.59. The lowest BCUT2D eigenvalue weighted by atomic mass is 10.1. The second kappa shape index (κ2) is 8.93. The van der Waals surface area contributed by atoms with Gasteiger partial charge in [0.25, 0.3) is 5.56 Å². The Morgan fingerprint density at radius 3 is 2.83 bits per heavy atom. The van der Waals surface area contributed by atoms with E-state index in [1.807, 2.05) is 26.0 Å². The van der Waals surface area contributed by atoms with Crippen molar-refractivity contribution in [3.05, 3.63) is 50.4 Å². The molecule has 0 aliphatic carbocycles. The number of rotatable bonds is 7. The van der Waals surface area contributed by atoms with Crippen molar-refractivity contribution in [1.29, 1.82) is 5.26 Å². The SMILES string of the molecule is CCCCOc1cc(/C=C(\C#N)c2nc3sc(C)c(C)c3c(=O)[nH]2)ccc1OC. The number of fused-ring (bicyclic) bond motifs is 1. The molecule has 29 heavy (non-hydrogen) atoms. The molecule has 0 atom stereocenters. The fourth-order valence-electron chi connectivity index (χ4n) is 2.92. The summed E-state index contributed by atoms with van der Waals surface area (Å²) in [6.07, 6.45) is 3.66. The van der Waals surface area contributed by atoms with E-state index >= 15 is 0 Å². The van der Waals surface area contributed by atoms with Crippen LogP contribution in [-0.2, 0) is 0 Å². The van der Waals surface area contributed by atoms with Crippen LogP contribution in [0.2, 0.25) is 0 Å². The number of nitrogens with one attached hydrogen (secondary N) is 1. The van der Waals surface area contributed by atoms with Crippen molar-refractivity contribution in [3.8, 4) is 17.6 Å². The van der Waals surface area contributed by atoms with Crippen LogP contribution in [0.15, 0.2) is 23.0 Å². The Hall–Kier alpha value is -3.11. The van der Waals surface area contributed by atoms with Crippen molar-refractivity contribution in [1.82, 2.24) is 9.97 Å². The maximum absolute atomic E-state index is 12.5. The highest BCUT2D eigenvalue weighted by atomic mass is 32.1. The van der Waals surface area contributed by atoms with Crippen LogP contribution in [0.3, 0.4) is 0 Å². The second-order valence-electron chi connectivity index (χ2n) is 6.66. The first-order valence-electron chi connectivity index (χ1n) is 9.41.